The SMILES string of the molecule is Cc1cccc2c1C1(CCN(C(=O)c3cnc4[nH]ncc4c3)CC1)C(=O)N2CC(=O)O. The number of amides is 2. The van der Waals surface area contributed by atoms with Gasteiger partial charge in [-0.2, -0.15) is 5.10 Å². The lowest BCUT2D eigenvalue weighted by Gasteiger charge is -2.39. The van der Waals surface area contributed by atoms with Gasteiger partial charge in [0, 0.05) is 30.4 Å². The number of aromatic amines is 1. The first kappa shape index (κ1) is 19.2. The summed E-state index contributed by atoms with van der Waals surface area (Å²) in [4.78, 5) is 45.2. The largest absolute Gasteiger partial charge is 0.480 e. The third-order valence-electron chi connectivity index (χ3n) is 6.41. The van der Waals surface area contributed by atoms with Gasteiger partial charge in [-0.05, 0) is 43.0 Å². The van der Waals surface area contributed by atoms with Crippen molar-refractivity contribution in [1.82, 2.24) is 20.1 Å². The van der Waals surface area contributed by atoms with Crippen LogP contribution in [0.5, 0.6) is 0 Å². The molecule has 3 aromatic rings. The van der Waals surface area contributed by atoms with Crippen LogP contribution in [-0.2, 0) is 15.0 Å². The Hall–Kier alpha value is -3.75. The Kier molecular flexibility index (Phi) is 4.28. The Morgan fingerprint density at radius 3 is 2.74 bits per heavy atom. The van der Waals surface area contributed by atoms with Crippen LogP contribution in [0, 0.1) is 6.92 Å². The zero-order valence-electron chi connectivity index (χ0n) is 17.0. The van der Waals surface area contributed by atoms with Gasteiger partial charge in [0.15, 0.2) is 5.65 Å². The van der Waals surface area contributed by atoms with Crippen molar-refractivity contribution in [3.05, 3.63) is 53.3 Å². The Morgan fingerprint density at radius 1 is 1.23 bits per heavy atom. The van der Waals surface area contributed by atoms with Gasteiger partial charge in [-0.3, -0.25) is 19.5 Å². The molecule has 4 heterocycles. The minimum Gasteiger partial charge on any atom is -0.480 e. The summed E-state index contributed by atoms with van der Waals surface area (Å²) in [6.45, 7) is 2.39. The van der Waals surface area contributed by atoms with Crippen LogP contribution in [0.4, 0.5) is 5.69 Å². The number of aliphatic carboxylic acids is 1. The molecule has 1 spiro atoms. The molecule has 2 N–H and O–H groups in total. The molecule has 9 nitrogen and oxygen atoms in total. The molecule has 0 bridgehead atoms. The summed E-state index contributed by atoms with van der Waals surface area (Å²) >= 11 is 0. The summed E-state index contributed by atoms with van der Waals surface area (Å²) in [5.74, 6) is -1.37. The van der Waals surface area contributed by atoms with Gasteiger partial charge in [-0.15, -0.1) is 0 Å². The first-order valence-corrected chi connectivity index (χ1v) is 10.1. The summed E-state index contributed by atoms with van der Waals surface area (Å²) in [7, 11) is 0. The standard InChI is InChI=1S/C22H21N5O4/c1-13-3-2-4-16-18(13)22(21(31)27(16)12-17(28)29)5-7-26(8-6-22)20(30)15-9-14-11-24-25-19(14)23-10-15/h2-4,9-11H,5-8,12H2,1H3,(H,28,29)(H,23,24,25). The minimum absolute atomic E-state index is 0.136. The highest BCUT2D eigenvalue weighted by atomic mass is 16.4. The van der Waals surface area contributed by atoms with Crippen LogP contribution in [0.15, 0.2) is 36.7 Å². The van der Waals surface area contributed by atoms with E-state index in [1.807, 2.05) is 19.1 Å². The number of fused-ring (bicyclic) bond motifs is 3. The number of hydrogen-bond donors (Lipinski definition) is 2. The molecule has 1 saturated heterocycles. The third kappa shape index (κ3) is 2.88. The van der Waals surface area contributed by atoms with Gasteiger partial charge in [0.25, 0.3) is 5.91 Å². The van der Waals surface area contributed by atoms with Crippen molar-refractivity contribution in [3.8, 4) is 0 Å². The molecule has 5 rings (SSSR count). The highest BCUT2D eigenvalue weighted by molar-refractivity contribution is 6.11. The summed E-state index contributed by atoms with van der Waals surface area (Å²) in [6.07, 6.45) is 4.06. The van der Waals surface area contributed by atoms with Gasteiger partial charge >= 0.3 is 5.97 Å². The van der Waals surface area contributed by atoms with Crippen molar-refractivity contribution < 1.29 is 19.5 Å². The number of carboxylic acids is 1. The fourth-order valence-corrected chi connectivity index (χ4v) is 4.96. The van der Waals surface area contributed by atoms with Crippen molar-refractivity contribution in [2.45, 2.75) is 25.2 Å². The Bertz CT molecular complexity index is 1230. The molecule has 0 unspecified atom stereocenters. The number of anilines is 1. The Morgan fingerprint density at radius 2 is 2.00 bits per heavy atom. The molecular formula is C22H21N5O4. The van der Waals surface area contributed by atoms with Crippen LogP contribution >= 0.6 is 0 Å². The van der Waals surface area contributed by atoms with E-state index in [1.165, 1.54) is 11.1 Å². The molecule has 31 heavy (non-hydrogen) atoms. The molecule has 2 aliphatic rings. The van der Waals surface area contributed by atoms with Gasteiger partial charge in [0.05, 0.1) is 17.2 Å². The number of aryl methyl sites for hydroxylation is 1. The number of carbonyl (C=O) groups is 3. The lowest BCUT2D eigenvalue weighted by molar-refractivity contribution is -0.137. The summed E-state index contributed by atoms with van der Waals surface area (Å²) in [6, 6.07) is 7.35. The monoisotopic (exact) mass is 419 g/mol. The van der Waals surface area contributed by atoms with Gasteiger partial charge in [-0.1, -0.05) is 12.1 Å². The van der Waals surface area contributed by atoms with E-state index in [1.54, 1.807) is 23.2 Å². The number of aromatic nitrogens is 3. The number of likely N-dealkylation sites (tertiary alicyclic amines) is 1. The predicted molar refractivity (Wildman–Crippen MR) is 112 cm³/mol. The molecule has 0 atom stereocenters. The van der Waals surface area contributed by atoms with Gasteiger partial charge in [-0.25, -0.2) is 4.98 Å². The van der Waals surface area contributed by atoms with Crippen LogP contribution in [0.2, 0.25) is 0 Å². The number of nitrogens with one attached hydrogen (secondary N) is 1. The van der Waals surface area contributed by atoms with E-state index in [-0.39, 0.29) is 18.4 Å². The van der Waals surface area contributed by atoms with E-state index in [0.717, 1.165) is 16.5 Å². The lowest BCUT2D eigenvalue weighted by Crippen LogP contribution is -2.51. The van der Waals surface area contributed by atoms with Crippen molar-refractivity contribution in [1.29, 1.82) is 0 Å². The summed E-state index contributed by atoms with van der Waals surface area (Å²) in [5, 5.41) is 16.8. The molecule has 1 aromatic carbocycles. The van der Waals surface area contributed by atoms with E-state index in [2.05, 4.69) is 15.2 Å². The fraction of sp³-hybridized carbons (Fsp3) is 0.318. The number of carbonyl (C=O) groups excluding carboxylic acids is 2. The summed E-state index contributed by atoms with van der Waals surface area (Å²) < 4.78 is 0. The number of rotatable bonds is 3. The second-order valence-electron chi connectivity index (χ2n) is 8.16. The first-order valence-electron chi connectivity index (χ1n) is 10.1. The normalized spacial score (nSPS) is 17.4. The highest BCUT2D eigenvalue weighted by Crippen LogP contribution is 2.49. The van der Waals surface area contributed by atoms with Gasteiger partial charge in [0.1, 0.15) is 6.54 Å². The molecule has 0 radical (unpaired) electrons. The third-order valence-corrected chi connectivity index (χ3v) is 6.41. The number of nitrogens with zero attached hydrogens (tertiary/aromatic N) is 4. The molecule has 0 saturated carbocycles. The van der Waals surface area contributed by atoms with Crippen LogP contribution in [0.1, 0.15) is 34.3 Å². The molecule has 1 fully saturated rings. The van der Waals surface area contributed by atoms with Crippen LogP contribution < -0.4 is 4.90 Å². The number of piperidine rings is 1. The zero-order valence-corrected chi connectivity index (χ0v) is 17.0. The van der Waals surface area contributed by atoms with Gasteiger partial charge < -0.3 is 14.9 Å². The number of H-pyrrole nitrogens is 1. The molecule has 9 heteroatoms. The summed E-state index contributed by atoms with van der Waals surface area (Å²) in [5.41, 5.74) is 2.84. The number of hydrogen-bond acceptors (Lipinski definition) is 5. The lowest BCUT2D eigenvalue weighted by atomic mass is 9.72. The highest BCUT2D eigenvalue weighted by Gasteiger charge is 2.53. The second kappa shape index (κ2) is 6.90. The first-order chi connectivity index (χ1) is 14.9. The smallest absolute Gasteiger partial charge is 0.323 e. The maximum absolute atomic E-state index is 13.4. The fourth-order valence-electron chi connectivity index (χ4n) is 4.96. The van der Waals surface area contributed by atoms with Crippen LogP contribution in [0.25, 0.3) is 11.0 Å². The van der Waals surface area contributed by atoms with E-state index in [4.69, 9.17) is 0 Å². The van der Waals surface area contributed by atoms with Crippen LogP contribution in [-0.4, -0.2) is 62.6 Å². The average Bonchev–Trinajstić information content (AvgIpc) is 3.31. The van der Waals surface area contributed by atoms with Crippen molar-refractivity contribution in [3.63, 3.8) is 0 Å². The number of benzene rings is 1. The molecule has 2 amide bonds. The van der Waals surface area contributed by atoms with Crippen molar-refractivity contribution >= 4 is 34.5 Å². The Balaban J connectivity index is 1.43. The zero-order chi connectivity index (χ0) is 21.8. The Labute approximate surface area is 177 Å². The van der Waals surface area contributed by atoms with E-state index in [9.17, 15) is 19.5 Å². The molecule has 158 valence electrons. The predicted octanol–water partition coefficient (Wildman–Crippen LogP) is 1.87. The number of pyridine rings is 1. The van der Waals surface area contributed by atoms with Crippen LogP contribution in [0.3, 0.4) is 0 Å². The maximum Gasteiger partial charge on any atom is 0.323 e. The number of carboxylic acid groups (broad SMARTS) is 1. The topological polar surface area (TPSA) is 119 Å². The van der Waals surface area contributed by atoms with Gasteiger partial charge in [0.2, 0.25) is 5.91 Å². The quantitative estimate of drug-likeness (QED) is 0.669. The molecule has 2 aliphatic heterocycles. The minimum atomic E-state index is -1.05. The average molecular weight is 419 g/mol. The van der Waals surface area contributed by atoms with E-state index in [0.29, 0.717) is 42.8 Å². The van der Waals surface area contributed by atoms with E-state index >= 15 is 0 Å². The second-order valence-corrected chi connectivity index (χ2v) is 8.16. The molecule has 2 aromatic heterocycles. The molecular weight excluding hydrogens is 398 g/mol. The van der Waals surface area contributed by atoms with Crippen molar-refractivity contribution in [2.24, 2.45) is 0 Å². The maximum atomic E-state index is 13.4. The molecule has 0 aliphatic carbocycles. The van der Waals surface area contributed by atoms with Crippen molar-refractivity contribution in [2.75, 3.05) is 24.5 Å². The van der Waals surface area contributed by atoms with E-state index < -0.39 is 11.4 Å².